The minimum Gasteiger partial charge on any atom is -0.463 e. The number of fused-ring (bicyclic) bond motifs is 2. The fourth-order valence-electron chi connectivity index (χ4n) is 5.36. The Bertz CT molecular complexity index is 2250. The molecule has 0 N–H and O–H groups in total. The highest BCUT2D eigenvalue weighted by atomic mass is 79.9. The molecule has 1 atom stereocenters. The average molecular weight is 701 g/mol. The van der Waals surface area contributed by atoms with Crippen LogP contribution in [0.15, 0.2) is 103 Å². The van der Waals surface area contributed by atoms with Crippen LogP contribution in [0.4, 0.5) is 5.69 Å². The van der Waals surface area contributed by atoms with Crippen LogP contribution in [0.1, 0.15) is 29.9 Å². The lowest BCUT2D eigenvalue weighted by atomic mass is 9.93. The summed E-state index contributed by atoms with van der Waals surface area (Å²) < 4.78 is 25.0. The summed E-state index contributed by atoms with van der Waals surface area (Å²) >= 11 is 4.54. The summed E-state index contributed by atoms with van der Waals surface area (Å²) in [5.41, 5.74) is 2.10. The Hall–Kier alpha value is -5.27. The van der Waals surface area contributed by atoms with E-state index >= 15 is 0 Å². The van der Waals surface area contributed by atoms with Crippen molar-refractivity contribution in [2.75, 3.05) is 13.4 Å². The number of carbonyl (C=O) groups is 1. The van der Waals surface area contributed by atoms with Gasteiger partial charge in [-0.25, -0.2) is 9.79 Å². The van der Waals surface area contributed by atoms with E-state index in [0.717, 1.165) is 11.3 Å². The lowest BCUT2D eigenvalue weighted by molar-refractivity contribution is -0.384. The Balaban J connectivity index is 1.40. The summed E-state index contributed by atoms with van der Waals surface area (Å²) in [4.78, 5) is 43.8. The first kappa shape index (κ1) is 29.4. The topological polar surface area (TPSA) is 135 Å². The molecule has 0 saturated heterocycles. The van der Waals surface area contributed by atoms with Crippen molar-refractivity contribution in [3.05, 3.63) is 136 Å². The van der Waals surface area contributed by atoms with Gasteiger partial charge in [-0.3, -0.25) is 19.5 Å². The van der Waals surface area contributed by atoms with Crippen LogP contribution < -0.4 is 24.4 Å². The number of halogens is 1. The number of nitro benzene ring substituents is 1. The second-order valence-electron chi connectivity index (χ2n) is 10.2. The van der Waals surface area contributed by atoms with Crippen molar-refractivity contribution < 1.29 is 28.3 Å². The number of hydrogen-bond donors (Lipinski definition) is 0. The normalized spacial score (nSPS) is 15.4. The molecule has 230 valence electrons. The first-order valence-corrected chi connectivity index (χ1v) is 15.7. The molecule has 0 bridgehead atoms. The Morgan fingerprint density at radius 3 is 2.67 bits per heavy atom. The number of aromatic nitrogens is 1. The van der Waals surface area contributed by atoms with Gasteiger partial charge in [-0.2, -0.15) is 0 Å². The van der Waals surface area contributed by atoms with Crippen molar-refractivity contribution in [3.63, 3.8) is 0 Å². The van der Waals surface area contributed by atoms with E-state index in [0.29, 0.717) is 59.2 Å². The van der Waals surface area contributed by atoms with E-state index in [-0.39, 0.29) is 30.2 Å². The number of esters is 1. The predicted octanol–water partition coefficient (Wildman–Crippen LogP) is 5.60. The quantitative estimate of drug-likeness (QED) is 0.122. The zero-order valence-electron chi connectivity index (χ0n) is 24.0. The first-order chi connectivity index (χ1) is 22.3. The molecule has 2 aliphatic rings. The monoisotopic (exact) mass is 699 g/mol. The number of non-ortho nitro benzene ring substituents is 1. The van der Waals surface area contributed by atoms with Crippen molar-refractivity contribution in [2.24, 2.45) is 4.99 Å². The van der Waals surface area contributed by atoms with Gasteiger partial charge in [-0.05, 0) is 58.7 Å². The Kier molecular flexibility index (Phi) is 7.62. The van der Waals surface area contributed by atoms with Crippen LogP contribution in [0.3, 0.4) is 0 Å². The maximum atomic E-state index is 14.2. The molecule has 5 aromatic rings. The third-order valence-electron chi connectivity index (χ3n) is 7.42. The molecule has 0 fully saturated rings. The molecule has 7 rings (SSSR count). The van der Waals surface area contributed by atoms with Crippen LogP contribution in [0.5, 0.6) is 11.5 Å². The molecule has 0 amide bonds. The minimum absolute atomic E-state index is 0.0578. The van der Waals surface area contributed by atoms with E-state index in [4.69, 9.17) is 23.6 Å². The molecule has 0 aliphatic carbocycles. The van der Waals surface area contributed by atoms with E-state index in [2.05, 4.69) is 15.9 Å². The second-order valence-corrected chi connectivity index (χ2v) is 12.0. The molecule has 46 heavy (non-hydrogen) atoms. The molecule has 3 aromatic carbocycles. The zero-order chi connectivity index (χ0) is 31.9. The molecule has 2 aromatic heterocycles. The molecule has 0 radical (unpaired) electrons. The summed E-state index contributed by atoms with van der Waals surface area (Å²) in [6.07, 6.45) is 1.61. The van der Waals surface area contributed by atoms with Gasteiger partial charge >= 0.3 is 5.97 Å². The highest BCUT2D eigenvalue weighted by molar-refractivity contribution is 9.10. The van der Waals surface area contributed by atoms with Gasteiger partial charge in [0, 0.05) is 33.8 Å². The van der Waals surface area contributed by atoms with Gasteiger partial charge in [0.1, 0.15) is 11.5 Å². The highest BCUT2D eigenvalue weighted by Crippen LogP contribution is 2.40. The number of nitrogens with zero attached hydrogens (tertiary/aromatic N) is 3. The second kappa shape index (κ2) is 11.9. The summed E-state index contributed by atoms with van der Waals surface area (Å²) in [5, 5.41) is 11.2. The van der Waals surface area contributed by atoms with E-state index in [1.165, 1.54) is 16.7 Å². The molecule has 13 heteroatoms. The third-order valence-corrected chi connectivity index (χ3v) is 9.05. The standard InChI is InChI=1S/C33H22BrN3O8S/c1-2-42-32(39)28-29(18-6-4-3-5-7-18)35-33-36(30(28)19-8-12-25-26(14-19)44-17-43-25)31(38)27(46-33)16-21-10-13-24(45-21)22-11-9-20(37(40)41)15-23(22)34/h3-16,30H,2,17H2,1H3/b27-16+/t30-/m1/s1. The summed E-state index contributed by atoms with van der Waals surface area (Å²) in [7, 11) is 0. The predicted molar refractivity (Wildman–Crippen MR) is 172 cm³/mol. The fraction of sp³-hybridized carbons (Fsp3) is 0.121. The number of carbonyl (C=O) groups excluding carboxylic acids is 1. The van der Waals surface area contributed by atoms with Crippen molar-refractivity contribution in [3.8, 4) is 22.8 Å². The molecule has 0 spiro atoms. The van der Waals surface area contributed by atoms with Crippen LogP contribution in [-0.4, -0.2) is 28.9 Å². The SMILES string of the molecule is CCOC(=O)C1=C(c2ccccc2)N=c2s/c(=C/c3ccc(-c4ccc([N+](=O)[O-])cc4Br)o3)c(=O)n2[C@@H]1c1ccc2c(c1)OCO2. The van der Waals surface area contributed by atoms with Gasteiger partial charge in [0.2, 0.25) is 6.79 Å². The molecule has 2 aliphatic heterocycles. The molecule has 11 nitrogen and oxygen atoms in total. The van der Waals surface area contributed by atoms with E-state index < -0.39 is 16.9 Å². The largest absolute Gasteiger partial charge is 0.463 e. The smallest absolute Gasteiger partial charge is 0.338 e. The maximum Gasteiger partial charge on any atom is 0.338 e. The highest BCUT2D eigenvalue weighted by Gasteiger charge is 2.36. The van der Waals surface area contributed by atoms with Crippen molar-refractivity contribution in [1.82, 2.24) is 4.57 Å². The molecular formula is C33H22BrN3O8S. The van der Waals surface area contributed by atoms with Gasteiger partial charge in [-0.15, -0.1) is 0 Å². The molecule has 4 heterocycles. The summed E-state index contributed by atoms with van der Waals surface area (Å²) in [5.74, 6) is 1.32. The number of furan rings is 1. The van der Waals surface area contributed by atoms with Crippen LogP contribution in [0, 0.1) is 10.1 Å². The first-order valence-electron chi connectivity index (χ1n) is 14.0. The van der Waals surface area contributed by atoms with E-state index in [1.54, 1.807) is 49.4 Å². The van der Waals surface area contributed by atoms with Gasteiger partial charge in [0.25, 0.3) is 11.2 Å². The Morgan fingerprint density at radius 2 is 1.91 bits per heavy atom. The summed E-state index contributed by atoms with van der Waals surface area (Å²) in [6, 6.07) is 21.5. The fourth-order valence-corrected chi connectivity index (χ4v) is 6.90. The number of benzene rings is 3. The zero-order valence-corrected chi connectivity index (χ0v) is 26.4. The molecular weight excluding hydrogens is 678 g/mol. The number of hydrogen-bond acceptors (Lipinski definition) is 10. The minimum atomic E-state index is -0.884. The molecule has 0 unspecified atom stereocenters. The summed E-state index contributed by atoms with van der Waals surface area (Å²) in [6.45, 7) is 1.92. The van der Waals surface area contributed by atoms with E-state index in [9.17, 15) is 19.7 Å². The average Bonchev–Trinajstić information content (AvgIpc) is 3.80. The van der Waals surface area contributed by atoms with Crippen LogP contribution >= 0.6 is 27.3 Å². The number of nitro groups is 1. The van der Waals surface area contributed by atoms with Crippen molar-refractivity contribution in [1.29, 1.82) is 0 Å². The third kappa shape index (κ3) is 5.22. The number of rotatable bonds is 7. The van der Waals surface area contributed by atoms with Crippen molar-refractivity contribution in [2.45, 2.75) is 13.0 Å². The van der Waals surface area contributed by atoms with Gasteiger partial charge in [-0.1, -0.05) is 47.7 Å². The molecule has 0 saturated carbocycles. The number of ether oxygens (including phenoxy) is 3. The van der Waals surface area contributed by atoms with Crippen LogP contribution in [0.2, 0.25) is 0 Å². The van der Waals surface area contributed by atoms with Crippen LogP contribution in [0.25, 0.3) is 23.1 Å². The Morgan fingerprint density at radius 1 is 1.11 bits per heavy atom. The maximum absolute atomic E-state index is 14.2. The van der Waals surface area contributed by atoms with Gasteiger partial charge < -0.3 is 18.6 Å². The lowest BCUT2D eigenvalue weighted by Crippen LogP contribution is -2.40. The van der Waals surface area contributed by atoms with Gasteiger partial charge in [0.15, 0.2) is 16.3 Å². The van der Waals surface area contributed by atoms with E-state index in [1.807, 2.05) is 30.3 Å². The van der Waals surface area contributed by atoms with Crippen molar-refractivity contribution >= 4 is 50.7 Å². The van der Waals surface area contributed by atoms with Crippen LogP contribution in [-0.2, 0) is 9.53 Å². The lowest BCUT2D eigenvalue weighted by Gasteiger charge is -2.26. The Labute approximate surface area is 272 Å². The number of thiazole rings is 1. The van der Waals surface area contributed by atoms with Gasteiger partial charge in [0.05, 0.1) is 33.4 Å².